The van der Waals surface area contributed by atoms with Gasteiger partial charge in [0.25, 0.3) is 0 Å². The number of nitrogens with zero attached hydrogens (tertiary/aromatic N) is 1. The van der Waals surface area contributed by atoms with E-state index >= 15 is 0 Å². The van der Waals surface area contributed by atoms with E-state index in [1.54, 1.807) is 0 Å². The Bertz CT molecular complexity index is 392. The van der Waals surface area contributed by atoms with Crippen LogP contribution in [0, 0.1) is 0 Å². The van der Waals surface area contributed by atoms with Gasteiger partial charge in [-0.05, 0) is 50.4 Å². The first-order valence-corrected chi connectivity index (χ1v) is 7.35. The van der Waals surface area contributed by atoms with E-state index in [4.69, 9.17) is 17.3 Å². The predicted molar refractivity (Wildman–Crippen MR) is 79.5 cm³/mol. The molecule has 1 aliphatic rings. The number of hydrogen-bond donors (Lipinski definition) is 1. The number of rotatable bonds is 3. The van der Waals surface area contributed by atoms with Crippen molar-refractivity contribution in [3.63, 3.8) is 0 Å². The second kappa shape index (κ2) is 6.44. The van der Waals surface area contributed by atoms with Crippen molar-refractivity contribution in [1.29, 1.82) is 0 Å². The maximum absolute atomic E-state index is 6.33. The summed E-state index contributed by atoms with van der Waals surface area (Å²) in [5.74, 6) is 0. The van der Waals surface area contributed by atoms with Gasteiger partial charge in [-0.15, -0.1) is 0 Å². The molecule has 1 heterocycles. The molecule has 0 radical (unpaired) electrons. The van der Waals surface area contributed by atoms with E-state index in [9.17, 15) is 0 Å². The maximum atomic E-state index is 6.33. The molecular weight excluding hydrogens is 244 g/mol. The third-order valence-electron chi connectivity index (χ3n) is 3.83. The summed E-state index contributed by atoms with van der Waals surface area (Å²) in [6, 6.07) is 7.04. The minimum absolute atomic E-state index is 0.615. The average molecular weight is 267 g/mol. The molecule has 0 aliphatic carbocycles. The first-order valence-electron chi connectivity index (χ1n) is 6.97. The van der Waals surface area contributed by atoms with Crippen LogP contribution in [-0.4, -0.2) is 19.1 Å². The standard InChI is InChI=1S/C15H23ClN2/c1-12-5-3-2-4-10-18(12)14-7-6-13(8-9-17)15(16)11-14/h6-7,11-12H,2-5,8-10,17H2,1H3. The lowest BCUT2D eigenvalue weighted by molar-refractivity contribution is 0.616. The Hall–Kier alpha value is -0.730. The van der Waals surface area contributed by atoms with Gasteiger partial charge in [-0.2, -0.15) is 0 Å². The number of halogens is 1. The summed E-state index contributed by atoms with van der Waals surface area (Å²) in [5, 5.41) is 0.856. The first-order chi connectivity index (χ1) is 8.72. The Morgan fingerprint density at radius 1 is 1.33 bits per heavy atom. The van der Waals surface area contributed by atoms with Crippen LogP contribution < -0.4 is 10.6 Å². The number of hydrogen-bond acceptors (Lipinski definition) is 2. The fraction of sp³-hybridized carbons (Fsp3) is 0.600. The first kappa shape index (κ1) is 13.7. The molecule has 1 saturated heterocycles. The fourth-order valence-corrected chi connectivity index (χ4v) is 3.00. The molecule has 0 amide bonds. The lowest BCUT2D eigenvalue weighted by Gasteiger charge is -2.30. The van der Waals surface area contributed by atoms with E-state index < -0.39 is 0 Å². The third-order valence-corrected chi connectivity index (χ3v) is 4.19. The Balaban J connectivity index is 2.19. The topological polar surface area (TPSA) is 29.3 Å². The van der Waals surface area contributed by atoms with Crippen LogP contribution >= 0.6 is 11.6 Å². The predicted octanol–water partition coefficient (Wildman–Crippen LogP) is 3.61. The molecule has 1 fully saturated rings. The molecule has 1 aromatic carbocycles. The van der Waals surface area contributed by atoms with Gasteiger partial charge in [-0.1, -0.05) is 30.5 Å². The van der Waals surface area contributed by atoms with Gasteiger partial charge < -0.3 is 10.6 Å². The van der Waals surface area contributed by atoms with Crippen LogP contribution in [0.25, 0.3) is 0 Å². The highest BCUT2D eigenvalue weighted by Gasteiger charge is 2.17. The summed E-state index contributed by atoms with van der Waals surface area (Å²) in [7, 11) is 0. The van der Waals surface area contributed by atoms with E-state index in [0.29, 0.717) is 12.6 Å². The van der Waals surface area contributed by atoms with Gasteiger partial charge in [-0.25, -0.2) is 0 Å². The SMILES string of the molecule is CC1CCCCCN1c1ccc(CCN)c(Cl)c1. The van der Waals surface area contributed by atoms with Gasteiger partial charge in [0, 0.05) is 23.3 Å². The molecule has 2 nitrogen and oxygen atoms in total. The number of anilines is 1. The van der Waals surface area contributed by atoms with Crippen molar-refractivity contribution in [3.05, 3.63) is 28.8 Å². The van der Waals surface area contributed by atoms with Crippen LogP contribution in [-0.2, 0) is 6.42 Å². The molecule has 1 unspecified atom stereocenters. The summed E-state index contributed by atoms with van der Waals surface area (Å²) in [5.41, 5.74) is 8.00. The third kappa shape index (κ3) is 3.18. The van der Waals surface area contributed by atoms with E-state index in [1.165, 1.54) is 31.4 Å². The molecule has 1 aliphatic heterocycles. The Labute approximate surface area is 115 Å². The zero-order valence-electron chi connectivity index (χ0n) is 11.2. The van der Waals surface area contributed by atoms with Crippen molar-refractivity contribution in [1.82, 2.24) is 0 Å². The summed E-state index contributed by atoms with van der Waals surface area (Å²) in [6.45, 7) is 4.11. The Morgan fingerprint density at radius 2 is 2.17 bits per heavy atom. The lowest BCUT2D eigenvalue weighted by atomic mass is 10.1. The maximum Gasteiger partial charge on any atom is 0.0459 e. The second-order valence-corrected chi connectivity index (χ2v) is 5.61. The summed E-state index contributed by atoms with van der Waals surface area (Å²) >= 11 is 6.33. The smallest absolute Gasteiger partial charge is 0.0459 e. The van der Waals surface area contributed by atoms with Crippen molar-refractivity contribution in [2.75, 3.05) is 18.0 Å². The average Bonchev–Trinajstić information content (AvgIpc) is 2.57. The van der Waals surface area contributed by atoms with E-state index in [-0.39, 0.29) is 0 Å². The largest absolute Gasteiger partial charge is 0.369 e. The molecule has 2 rings (SSSR count). The molecule has 3 heteroatoms. The van der Waals surface area contributed by atoms with Crippen molar-refractivity contribution in [3.8, 4) is 0 Å². The van der Waals surface area contributed by atoms with Crippen molar-refractivity contribution in [2.24, 2.45) is 5.73 Å². The minimum Gasteiger partial charge on any atom is -0.369 e. The van der Waals surface area contributed by atoms with Crippen molar-refractivity contribution >= 4 is 17.3 Å². The van der Waals surface area contributed by atoms with Crippen LogP contribution in [0.1, 0.15) is 38.2 Å². The zero-order valence-corrected chi connectivity index (χ0v) is 11.9. The van der Waals surface area contributed by atoms with Gasteiger partial charge in [0.15, 0.2) is 0 Å². The Morgan fingerprint density at radius 3 is 2.89 bits per heavy atom. The molecule has 0 bridgehead atoms. The van der Waals surface area contributed by atoms with Crippen LogP contribution in [0.4, 0.5) is 5.69 Å². The van der Waals surface area contributed by atoms with E-state index in [1.807, 2.05) is 0 Å². The van der Waals surface area contributed by atoms with Crippen molar-refractivity contribution < 1.29 is 0 Å². The highest BCUT2D eigenvalue weighted by atomic mass is 35.5. The molecular formula is C15H23ClN2. The van der Waals surface area contributed by atoms with Crippen LogP contribution in [0.3, 0.4) is 0 Å². The zero-order chi connectivity index (χ0) is 13.0. The molecule has 0 spiro atoms. The number of benzene rings is 1. The van der Waals surface area contributed by atoms with Gasteiger partial charge >= 0.3 is 0 Å². The molecule has 0 aromatic heterocycles. The lowest BCUT2D eigenvalue weighted by Crippen LogP contribution is -2.32. The summed E-state index contributed by atoms with van der Waals surface area (Å²) in [4.78, 5) is 2.49. The van der Waals surface area contributed by atoms with E-state index in [2.05, 4.69) is 30.0 Å². The second-order valence-electron chi connectivity index (χ2n) is 5.21. The minimum atomic E-state index is 0.615. The molecule has 2 N–H and O–H groups in total. The quantitative estimate of drug-likeness (QED) is 0.906. The van der Waals surface area contributed by atoms with Crippen LogP contribution in [0.15, 0.2) is 18.2 Å². The van der Waals surface area contributed by atoms with Gasteiger partial charge in [0.1, 0.15) is 0 Å². The Kier molecular flexibility index (Phi) is 4.90. The molecule has 1 aromatic rings. The van der Waals surface area contributed by atoms with Crippen LogP contribution in [0.2, 0.25) is 5.02 Å². The van der Waals surface area contributed by atoms with Gasteiger partial charge in [-0.3, -0.25) is 0 Å². The monoisotopic (exact) mass is 266 g/mol. The van der Waals surface area contributed by atoms with Crippen LogP contribution in [0.5, 0.6) is 0 Å². The summed E-state index contributed by atoms with van der Waals surface area (Å²) < 4.78 is 0. The molecule has 0 saturated carbocycles. The highest BCUT2D eigenvalue weighted by molar-refractivity contribution is 6.31. The fourth-order valence-electron chi connectivity index (χ4n) is 2.73. The van der Waals surface area contributed by atoms with E-state index in [0.717, 1.165) is 23.6 Å². The van der Waals surface area contributed by atoms with Crippen molar-refractivity contribution in [2.45, 2.75) is 45.1 Å². The van der Waals surface area contributed by atoms with Gasteiger partial charge in [0.05, 0.1) is 0 Å². The molecule has 18 heavy (non-hydrogen) atoms. The summed E-state index contributed by atoms with van der Waals surface area (Å²) in [6.07, 6.45) is 6.11. The van der Waals surface area contributed by atoms with Gasteiger partial charge in [0.2, 0.25) is 0 Å². The highest BCUT2D eigenvalue weighted by Crippen LogP contribution is 2.28. The molecule has 100 valence electrons. The number of nitrogens with two attached hydrogens (primary N) is 1. The molecule has 1 atom stereocenters. The normalized spacial score (nSPS) is 20.8.